The van der Waals surface area contributed by atoms with Gasteiger partial charge >= 0.3 is 0 Å². The molecule has 5 nitrogen and oxygen atoms in total. The minimum Gasteiger partial charge on any atom is -0.349 e. The fourth-order valence-electron chi connectivity index (χ4n) is 2.87. The summed E-state index contributed by atoms with van der Waals surface area (Å²) in [6.45, 7) is 4.31. The Bertz CT molecular complexity index is 562. The number of benzene rings is 1. The van der Waals surface area contributed by atoms with Gasteiger partial charge < -0.3 is 5.32 Å². The van der Waals surface area contributed by atoms with Gasteiger partial charge in [-0.05, 0) is 24.3 Å². The number of nitrogens with one attached hydrogen (secondary N) is 1. The summed E-state index contributed by atoms with van der Waals surface area (Å²) < 4.78 is 0. The second kappa shape index (κ2) is 6.43. The van der Waals surface area contributed by atoms with Crippen LogP contribution in [0.25, 0.3) is 0 Å². The van der Waals surface area contributed by atoms with Crippen molar-refractivity contribution >= 4 is 23.2 Å². The van der Waals surface area contributed by atoms with Gasteiger partial charge in [0.1, 0.15) is 5.02 Å². The highest BCUT2D eigenvalue weighted by Gasteiger charge is 2.29. The van der Waals surface area contributed by atoms with Gasteiger partial charge in [-0.25, -0.2) is 0 Å². The lowest BCUT2D eigenvalue weighted by Gasteiger charge is -2.34. The molecule has 0 aromatic heterocycles. The lowest BCUT2D eigenvalue weighted by atomic mass is 9.78. The van der Waals surface area contributed by atoms with E-state index in [9.17, 15) is 14.9 Å². The summed E-state index contributed by atoms with van der Waals surface area (Å²) in [4.78, 5) is 22.6. The van der Waals surface area contributed by atoms with Gasteiger partial charge in [0, 0.05) is 12.1 Å². The molecule has 0 spiro atoms. The first-order valence-corrected chi connectivity index (χ1v) is 7.53. The fraction of sp³-hybridized carbons (Fsp3) is 0.533. The molecule has 21 heavy (non-hydrogen) atoms. The van der Waals surface area contributed by atoms with E-state index in [-0.39, 0.29) is 28.2 Å². The van der Waals surface area contributed by atoms with Crippen LogP contribution in [0.2, 0.25) is 5.02 Å². The molecule has 1 aliphatic rings. The Morgan fingerprint density at radius 3 is 2.76 bits per heavy atom. The summed E-state index contributed by atoms with van der Waals surface area (Å²) in [5, 5.41) is 13.7. The number of carbonyl (C=O) groups is 1. The molecule has 0 aliphatic heterocycles. The lowest BCUT2D eigenvalue weighted by Crippen LogP contribution is -2.43. The Hall–Kier alpha value is -1.62. The van der Waals surface area contributed by atoms with E-state index in [2.05, 4.69) is 19.2 Å². The molecule has 3 atom stereocenters. The monoisotopic (exact) mass is 310 g/mol. The summed E-state index contributed by atoms with van der Waals surface area (Å²) in [6, 6.07) is 4.38. The summed E-state index contributed by atoms with van der Waals surface area (Å²) in [6.07, 6.45) is 3.19. The predicted molar refractivity (Wildman–Crippen MR) is 81.5 cm³/mol. The van der Waals surface area contributed by atoms with Crippen LogP contribution in [0.4, 0.5) is 5.69 Å². The predicted octanol–water partition coefficient (Wildman–Crippen LogP) is 3.80. The summed E-state index contributed by atoms with van der Waals surface area (Å²) in [7, 11) is 0. The van der Waals surface area contributed by atoms with Crippen molar-refractivity contribution in [2.24, 2.45) is 11.8 Å². The van der Waals surface area contributed by atoms with E-state index in [1.165, 1.54) is 24.6 Å². The van der Waals surface area contributed by atoms with Crippen LogP contribution >= 0.6 is 11.6 Å². The van der Waals surface area contributed by atoms with Gasteiger partial charge in [-0.3, -0.25) is 14.9 Å². The minimum absolute atomic E-state index is 0.0941. The van der Waals surface area contributed by atoms with E-state index >= 15 is 0 Å². The SMILES string of the molecule is CC1CCCC(NC(=O)c2cccc([N+](=O)[O-])c2Cl)C1C. The van der Waals surface area contributed by atoms with Crippen LogP contribution in [0.1, 0.15) is 43.5 Å². The Morgan fingerprint density at radius 1 is 1.38 bits per heavy atom. The average molecular weight is 311 g/mol. The zero-order valence-electron chi connectivity index (χ0n) is 12.1. The van der Waals surface area contributed by atoms with Crippen molar-refractivity contribution in [2.45, 2.75) is 39.2 Å². The second-order valence-corrected chi connectivity index (χ2v) is 6.12. The number of nitrogens with zero attached hydrogens (tertiary/aromatic N) is 1. The number of hydrogen-bond donors (Lipinski definition) is 1. The number of nitro benzene ring substituents is 1. The first-order chi connectivity index (χ1) is 9.91. The van der Waals surface area contributed by atoms with E-state index in [1.807, 2.05) is 0 Å². The van der Waals surface area contributed by atoms with Crippen LogP contribution in [0, 0.1) is 22.0 Å². The Morgan fingerprint density at radius 2 is 2.10 bits per heavy atom. The molecule has 1 aromatic rings. The molecule has 1 N–H and O–H groups in total. The lowest BCUT2D eigenvalue weighted by molar-refractivity contribution is -0.384. The highest BCUT2D eigenvalue weighted by molar-refractivity contribution is 6.35. The maximum Gasteiger partial charge on any atom is 0.288 e. The normalized spacial score (nSPS) is 25.4. The molecule has 0 radical (unpaired) electrons. The van der Waals surface area contributed by atoms with E-state index < -0.39 is 4.92 Å². The van der Waals surface area contributed by atoms with Crippen molar-refractivity contribution in [3.8, 4) is 0 Å². The number of nitro groups is 1. The van der Waals surface area contributed by atoms with Gasteiger partial charge in [0.25, 0.3) is 11.6 Å². The molecule has 1 aromatic carbocycles. The van der Waals surface area contributed by atoms with Gasteiger partial charge in [0.05, 0.1) is 10.5 Å². The third kappa shape index (κ3) is 3.35. The number of carbonyl (C=O) groups excluding carboxylic acids is 1. The van der Waals surface area contributed by atoms with E-state index in [1.54, 1.807) is 0 Å². The third-order valence-corrected chi connectivity index (χ3v) is 4.84. The van der Waals surface area contributed by atoms with Crippen molar-refractivity contribution < 1.29 is 9.72 Å². The smallest absolute Gasteiger partial charge is 0.288 e. The van der Waals surface area contributed by atoms with Gasteiger partial charge in [-0.2, -0.15) is 0 Å². The molecule has 6 heteroatoms. The van der Waals surface area contributed by atoms with Crippen LogP contribution in [-0.4, -0.2) is 16.9 Å². The minimum atomic E-state index is -0.579. The van der Waals surface area contributed by atoms with Gasteiger partial charge in [0.2, 0.25) is 0 Å². The van der Waals surface area contributed by atoms with E-state index in [4.69, 9.17) is 11.6 Å². The summed E-state index contributed by atoms with van der Waals surface area (Å²) >= 11 is 5.98. The van der Waals surface area contributed by atoms with Gasteiger partial charge in [-0.15, -0.1) is 0 Å². The van der Waals surface area contributed by atoms with Gasteiger partial charge in [-0.1, -0.05) is 44.4 Å². The summed E-state index contributed by atoms with van der Waals surface area (Å²) in [5.74, 6) is 0.611. The van der Waals surface area contributed by atoms with Crippen molar-refractivity contribution in [2.75, 3.05) is 0 Å². The molecule has 0 saturated heterocycles. The maximum absolute atomic E-state index is 12.3. The van der Waals surface area contributed by atoms with Crippen molar-refractivity contribution in [3.05, 3.63) is 38.9 Å². The second-order valence-electron chi connectivity index (χ2n) is 5.74. The van der Waals surface area contributed by atoms with Crippen LogP contribution < -0.4 is 5.32 Å². The molecule has 1 amide bonds. The summed E-state index contributed by atoms with van der Waals surface area (Å²) in [5.41, 5.74) is -0.0781. The number of hydrogen-bond acceptors (Lipinski definition) is 3. The molecule has 0 bridgehead atoms. The largest absolute Gasteiger partial charge is 0.349 e. The Labute approximate surface area is 128 Å². The fourth-order valence-corrected chi connectivity index (χ4v) is 3.15. The number of amides is 1. The molecule has 1 aliphatic carbocycles. The molecule has 0 heterocycles. The van der Waals surface area contributed by atoms with Crippen LogP contribution in [-0.2, 0) is 0 Å². The zero-order valence-corrected chi connectivity index (χ0v) is 12.9. The maximum atomic E-state index is 12.3. The van der Waals surface area contributed by atoms with Crippen molar-refractivity contribution in [3.63, 3.8) is 0 Å². The first kappa shape index (κ1) is 15.8. The quantitative estimate of drug-likeness (QED) is 0.681. The van der Waals surface area contributed by atoms with Gasteiger partial charge in [0.15, 0.2) is 0 Å². The molecule has 3 unspecified atom stereocenters. The van der Waals surface area contributed by atoms with Crippen LogP contribution in [0.15, 0.2) is 18.2 Å². The van der Waals surface area contributed by atoms with Crippen LogP contribution in [0.5, 0.6) is 0 Å². The topological polar surface area (TPSA) is 72.2 Å². The molecular weight excluding hydrogens is 292 g/mol. The number of rotatable bonds is 3. The zero-order chi connectivity index (χ0) is 15.6. The molecule has 114 valence electrons. The van der Waals surface area contributed by atoms with E-state index in [0.717, 1.165) is 12.8 Å². The first-order valence-electron chi connectivity index (χ1n) is 7.15. The average Bonchev–Trinajstić information content (AvgIpc) is 2.43. The molecule has 1 saturated carbocycles. The van der Waals surface area contributed by atoms with Crippen LogP contribution in [0.3, 0.4) is 0 Å². The van der Waals surface area contributed by atoms with Crippen molar-refractivity contribution in [1.29, 1.82) is 0 Å². The molecular formula is C15H19ClN2O3. The standard InChI is InChI=1S/C15H19ClN2O3/c1-9-5-3-7-12(10(9)2)17-15(19)11-6-4-8-13(14(11)16)18(20)21/h4,6,8-10,12H,3,5,7H2,1-2H3,(H,17,19). The molecule has 1 fully saturated rings. The highest BCUT2D eigenvalue weighted by Crippen LogP contribution is 2.31. The van der Waals surface area contributed by atoms with Crippen molar-refractivity contribution in [1.82, 2.24) is 5.32 Å². The Balaban J connectivity index is 2.17. The van der Waals surface area contributed by atoms with E-state index in [0.29, 0.717) is 11.8 Å². The molecule has 2 rings (SSSR count). The highest BCUT2D eigenvalue weighted by atomic mass is 35.5. The third-order valence-electron chi connectivity index (χ3n) is 4.44. The number of halogens is 1. The Kier molecular flexibility index (Phi) is 4.83.